The maximum atomic E-state index is 13.2. The van der Waals surface area contributed by atoms with E-state index in [0.717, 1.165) is 50.9 Å². The first-order valence-corrected chi connectivity index (χ1v) is 9.30. The molecule has 0 aromatic heterocycles. The number of hydrogen-bond donors (Lipinski definition) is 1. The molecule has 2 aliphatic rings. The number of nitrogens with zero attached hydrogens (tertiary/aromatic N) is 1. The fraction of sp³-hybridized carbons (Fsp3) is 0.632. The minimum Gasteiger partial charge on any atom is -0.381 e. The van der Waals surface area contributed by atoms with E-state index in [9.17, 15) is 18.0 Å². The molecule has 0 radical (unpaired) electrons. The molecule has 0 bridgehead atoms. The van der Waals surface area contributed by atoms with Gasteiger partial charge in [0.25, 0.3) is 0 Å². The third-order valence-electron chi connectivity index (χ3n) is 5.12. The van der Waals surface area contributed by atoms with Gasteiger partial charge in [0, 0.05) is 32.2 Å². The molecule has 26 heavy (non-hydrogen) atoms. The van der Waals surface area contributed by atoms with Gasteiger partial charge in [-0.3, -0.25) is 4.79 Å². The van der Waals surface area contributed by atoms with Crippen molar-refractivity contribution in [2.75, 3.05) is 36.5 Å². The highest BCUT2D eigenvalue weighted by Gasteiger charge is 2.32. The number of nitrogens with one attached hydrogen (secondary N) is 1. The third kappa shape index (κ3) is 4.69. The fourth-order valence-electron chi connectivity index (χ4n) is 3.59. The van der Waals surface area contributed by atoms with Gasteiger partial charge in [-0.2, -0.15) is 13.2 Å². The molecule has 2 fully saturated rings. The van der Waals surface area contributed by atoms with Crippen LogP contribution in [0, 0.1) is 5.92 Å². The van der Waals surface area contributed by atoms with Crippen LogP contribution in [-0.2, 0) is 15.7 Å². The van der Waals surface area contributed by atoms with Crippen molar-refractivity contribution in [3.63, 3.8) is 0 Å². The number of anilines is 2. The van der Waals surface area contributed by atoms with Crippen molar-refractivity contribution in [2.45, 2.75) is 44.7 Å². The molecule has 2 aliphatic heterocycles. The topological polar surface area (TPSA) is 41.6 Å². The van der Waals surface area contributed by atoms with Gasteiger partial charge in [-0.25, -0.2) is 0 Å². The van der Waals surface area contributed by atoms with Gasteiger partial charge in [-0.15, -0.1) is 0 Å². The number of alkyl halides is 3. The summed E-state index contributed by atoms with van der Waals surface area (Å²) < 4.78 is 44.7. The molecular formula is C19H25F3N2O2. The smallest absolute Gasteiger partial charge is 0.381 e. The van der Waals surface area contributed by atoms with Crippen LogP contribution in [0.5, 0.6) is 0 Å². The number of ether oxygens (including phenoxy) is 1. The summed E-state index contributed by atoms with van der Waals surface area (Å²) in [7, 11) is 0. The van der Waals surface area contributed by atoms with Crippen LogP contribution < -0.4 is 10.2 Å². The molecule has 0 unspecified atom stereocenters. The van der Waals surface area contributed by atoms with Gasteiger partial charge >= 0.3 is 6.18 Å². The van der Waals surface area contributed by atoms with E-state index in [-0.39, 0.29) is 17.5 Å². The molecule has 0 atom stereocenters. The molecule has 0 aliphatic carbocycles. The minimum atomic E-state index is -4.44. The van der Waals surface area contributed by atoms with E-state index < -0.39 is 11.7 Å². The Kier molecular flexibility index (Phi) is 6.06. The highest BCUT2D eigenvalue weighted by Crippen LogP contribution is 2.36. The molecule has 0 spiro atoms. The van der Waals surface area contributed by atoms with Crippen molar-refractivity contribution in [3.05, 3.63) is 23.8 Å². The summed E-state index contributed by atoms with van der Waals surface area (Å²) in [6, 6.07) is 3.66. The number of carbonyl (C=O) groups excluding carboxylic acids is 1. The largest absolute Gasteiger partial charge is 0.416 e. The van der Waals surface area contributed by atoms with Crippen LogP contribution in [0.2, 0.25) is 0 Å². The standard InChI is InChI=1S/C19H25F3N2O2/c20-19(21,22)15-5-6-17(24-9-3-1-2-4-10-24)16(13-15)23-18(25)14-7-11-26-12-8-14/h5-6,13-14H,1-4,7-12H2,(H,23,25). The molecule has 1 aromatic carbocycles. The average molecular weight is 370 g/mol. The fourth-order valence-corrected chi connectivity index (χ4v) is 3.59. The Morgan fingerprint density at radius 3 is 2.35 bits per heavy atom. The zero-order valence-corrected chi connectivity index (χ0v) is 14.8. The van der Waals surface area contributed by atoms with E-state index in [2.05, 4.69) is 10.2 Å². The average Bonchev–Trinajstić information content (AvgIpc) is 2.91. The van der Waals surface area contributed by atoms with E-state index in [1.807, 2.05) is 0 Å². The molecule has 2 saturated heterocycles. The number of benzene rings is 1. The summed E-state index contributed by atoms with van der Waals surface area (Å²) in [4.78, 5) is 14.7. The first-order chi connectivity index (χ1) is 12.4. The summed E-state index contributed by atoms with van der Waals surface area (Å²) in [5.74, 6) is -0.432. The number of carbonyl (C=O) groups is 1. The van der Waals surface area contributed by atoms with E-state index in [4.69, 9.17) is 4.74 Å². The predicted molar refractivity (Wildman–Crippen MR) is 94.3 cm³/mol. The summed E-state index contributed by atoms with van der Waals surface area (Å²) in [5.41, 5.74) is 0.205. The lowest BCUT2D eigenvalue weighted by atomic mass is 9.99. The Labute approximate surface area is 151 Å². The number of amides is 1. The van der Waals surface area contributed by atoms with Crippen molar-refractivity contribution >= 4 is 17.3 Å². The van der Waals surface area contributed by atoms with Crippen molar-refractivity contribution in [3.8, 4) is 0 Å². The highest BCUT2D eigenvalue weighted by atomic mass is 19.4. The molecule has 1 amide bonds. The van der Waals surface area contributed by atoms with Crippen LogP contribution in [0.1, 0.15) is 44.1 Å². The van der Waals surface area contributed by atoms with Crippen LogP contribution in [0.4, 0.5) is 24.5 Å². The highest BCUT2D eigenvalue weighted by molar-refractivity contribution is 5.96. The second-order valence-corrected chi connectivity index (χ2v) is 7.01. The summed E-state index contributed by atoms with van der Waals surface area (Å²) in [6.07, 6.45) is 1.04. The van der Waals surface area contributed by atoms with E-state index in [1.54, 1.807) is 0 Å². The van der Waals surface area contributed by atoms with Crippen LogP contribution in [0.3, 0.4) is 0 Å². The van der Waals surface area contributed by atoms with Gasteiger partial charge in [-0.1, -0.05) is 12.8 Å². The zero-order valence-electron chi connectivity index (χ0n) is 14.8. The summed E-state index contributed by atoms with van der Waals surface area (Å²) >= 11 is 0. The van der Waals surface area contributed by atoms with Gasteiger partial charge in [0.2, 0.25) is 5.91 Å². The Hall–Kier alpha value is -1.76. The molecule has 2 heterocycles. The Bertz CT molecular complexity index is 620. The Morgan fingerprint density at radius 2 is 1.73 bits per heavy atom. The van der Waals surface area contributed by atoms with E-state index in [1.165, 1.54) is 6.07 Å². The van der Waals surface area contributed by atoms with Gasteiger partial charge in [0.1, 0.15) is 0 Å². The second kappa shape index (κ2) is 8.29. The lowest BCUT2D eigenvalue weighted by Crippen LogP contribution is -2.30. The lowest BCUT2D eigenvalue weighted by Gasteiger charge is -2.27. The van der Waals surface area contributed by atoms with Gasteiger partial charge < -0.3 is 15.0 Å². The minimum absolute atomic E-state index is 0.213. The van der Waals surface area contributed by atoms with Crippen LogP contribution >= 0.6 is 0 Å². The van der Waals surface area contributed by atoms with E-state index >= 15 is 0 Å². The third-order valence-corrected chi connectivity index (χ3v) is 5.12. The van der Waals surface area contributed by atoms with Crippen LogP contribution in [0.25, 0.3) is 0 Å². The van der Waals surface area contributed by atoms with Crippen molar-refractivity contribution in [1.82, 2.24) is 0 Å². The number of halogens is 3. The van der Waals surface area contributed by atoms with Gasteiger partial charge in [-0.05, 0) is 43.9 Å². The monoisotopic (exact) mass is 370 g/mol. The van der Waals surface area contributed by atoms with Crippen LogP contribution in [-0.4, -0.2) is 32.2 Å². The number of rotatable bonds is 3. The Morgan fingerprint density at radius 1 is 1.08 bits per heavy atom. The lowest BCUT2D eigenvalue weighted by molar-refractivity contribution is -0.137. The maximum Gasteiger partial charge on any atom is 0.416 e. The quantitative estimate of drug-likeness (QED) is 0.855. The molecule has 0 saturated carbocycles. The Balaban J connectivity index is 1.86. The number of hydrogen-bond acceptors (Lipinski definition) is 3. The molecule has 7 heteroatoms. The molecular weight excluding hydrogens is 345 g/mol. The van der Waals surface area contributed by atoms with Gasteiger partial charge in [0.15, 0.2) is 0 Å². The first kappa shape index (κ1) is 19.0. The van der Waals surface area contributed by atoms with Crippen molar-refractivity contribution < 1.29 is 22.7 Å². The molecule has 1 aromatic rings. The van der Waals surface area contributed by atoms with E-state index in [0.29, 0.717) is 31.7 Å². The molecule has 4 nitrogen and oxygen atoms in total. The molecule has 1 N–H and O–H groups in total. The van der Waals surface area contributed by atoms with Crippen LogP contribution in [0.15, 0.2) is 18.2 Å². The normalized spacial score (nSPS) is 19.9. The zero-order chi connectivity index (χ0) is 18.6. The predicted octanol–water partition coefficient (Wildman–Crippen LogP) is 4.45. The first-order valence-electron chi connectivity index (χ1n) is 9.30. The summed E-state index contributed by atoms with van der Waals surface area (Å²) in [6.45, 7) is 2.62. The SMILES string of the molecule is O=C(Nc1cc(C(F)(F)F)ccc1N1CCCCCC1)C1CCOCC1. The van der Waals surface area contributed by atoms with Gasteiger partial charge in [0.05, 0.1) is 16.9 Å². The molecule has 3 rings (SSSR count). The maximum absolute atomic E-state index is 13.2. The van der Waals surface area contributed by atoms with Crippen molar-refractivity contribution in [1.29, 1.82) is 0 Å². The molecule has 144 valence electrons. The second-order valence-electron chi connectivity index (χ2n) is 7.01. The summed E-state index contributed by atoms with van der Waals surface area (Å²) in [5, 5.41) is 2.77. The van der Waals surface area contributed by atoms with Crippen molar-refractivity contribution in [2.24, 2.45) is 5.92 Å².